The maximum atomic E-state index is 13.1. The minimum Gasteiger partial charge on any atom is -0.327 e. The van der Waals surface area contributed by atoms with Crippen LogP contribution in [-0.4, -0.2) is 11.8 Å². The van der Waals surface area contributed by atoms with Gasteiger partial charge in [0, 0.05) is 16.7 Å². The van der Waals surface area contributed by atoms with Crippen molar-refractivity contribution in [2.75, 3.05) is 5.75 Å². The molecule has 1 aromatic carbocycles. The first kappa shape index (κ1) is 10.5. The highest BCUT2D eigenvalue weighted by Gasteiger charge is 2.04. The average Bonchev–Trinajstić information content (AvgIpc) is 2.16. The third-order valence-electron chi connectivity index (χ3n) is 1.81. The maximum absolute atomic E-state index is 13.1. The molecule has 0 fully saturated rings. The molecular formula is C10H14FNS. The Bertz CT molecular complexity index is 265. The van der Waals surface area contributed by atoms with E-state index in [1.807, 2.05) is 13.0 Å². The van der Waals surface area contributed by atoms with Crippen molar-refractivity contribution >= 4 is 11.8 Å². The van der Waals surface area contributed by atoms with Crippen LogP contribution in [0.5, 0.6) is 0 Å². The Hall–Kier alpha value is -0.540. The quantitative estimate of drug-likeness (QED) is 0.754. The molecule has 0 aliphatic heterocycles. The SMILES string of the molecule is CC[C@H](N)CSc1ccccc1F. The van der Waals surface area contributed by atoms with E-state index in [-0.39, 0.29) is 11.9 Å². The van der Waals surface area contributed by atoms with Gasteiger partial charge in [0.05, 0.1) is 0 Å². The summed E-state index contributed by atoms with van der Waals surface area (Å²) < 4.78 is 13.1. The van der Waals surface area contributed by atoms with Crippen LogP contribution in [-0.2, 0) is 0 Å². The van der Waals surface area contributed by atoms with Gasteiger partial charge < -0.3 is 5.73 Å². The number of thioether (sulfide) groups is 1. The lowest BCUT2D eigenvalue weighted by atomic mass is 10.3. The van der Waals surface area contributed by atoms with Gasteiger partial charge in [-0.1, -0.05) is 19.1 Å². The van der Waals surface area contributed by atoms with Gasteiger partial charge in [0.1, 0.15) is 5.82 Å². The van der Waals surface area contributed by atoms with E-state index in [1.165, 1.54) is 17.8 Å². The molecule has 0 radical (unpaired) electrons. The molecule has 0 aliphatic rings. The van der Waals surface area contributed by atoms with Crippen molar-refractivity contribution in [3.05, 3.63) is 30.1 Å². The maximum Gasteiger partial charge on any atom is 0.136 e. The zero-order valence-corrected chi connectivity index (χ0v) is 8.48. The third kappa shape index (κ3) is 3.36. The average molecular weight is 199 g/mol. The summed E-state index contributed by atoms with van der Waals surface area (Å²) in [6.07, 6.45) is 0.932. The highest BCUT2D eigenvalue weighted by atomic mass is 32.2. The fraction of sp³-hybridized carbons (Fsp3) is 0.400. The second-order valence-electron chi connectivity index (χ2n) is 2.91. The highest BCUT2D eigenvalue weighted by molar-refractivity contribution is 7.99. The second-order valence-corrected chi connectivity index (χ2v) is 3.97. The van der Waals surface area contributed by atoms with E-state index in [4.69, 9.17) is 5.73 Å². The van der Waals surface area contributed by atoms with Gasteiger partial charge >= 0.3 is 0 Å². The first-order valence-corrected chi connectivity index (χ1v) is 5.35. The van der Waals surface area contributed by atoms with Gasteiger partial charge in [0.25, 0.3) is 0 Å². The molecule has 1 aromatic rings. The van der Waals surface area contributed by atoms with Gasteiger partial charge in [-0.15, -0.1) is 11.8 Å². The summed E-state index contributed by atoms with van der Waals surface area (Å²) in [6.45, 7) is 2.03. The first-order valence-electron chi connectivity index (χ1n) is 4.37. The van der Waals surface area contributed by atoms with E-state index in [0.29, 0.717) is 4.90 Å². The minimum absolute atomic E-state index is 0.157. The molecule has 1 nitrogen and oxygen atoms in total. The molecule has 0 unspecified atom stereocenters. The molecule has 0 heterocycles. The molecule has 2 N–H and O–H groups in total. The monoisotopic (exact) mass is 199 g/mol. The molecule has 0 saturated carbocycles. The Kier molecular flexibility index (Phi) is 4.25. The number of rotatable bonds is 4. The van der Waals surface area contributed by atoms with Crippen LogP contribution in [0.3, 0.4) is 0 Å². The standard InChI is InChI=1S/C10H14FNS/c1-2-8(12)7-13-10-6-4-3-5-9(10)11/h3-6,8H,2,7,12H2,1H3/t8-/m0/s1. The van der Waals surface area contributed by atoms with Crippen molar-refractivity contribution in [2.24, 2.45) is 5.73 Å². The summed E-state index contributed by atoms with van der Waals surface area (Å²) in [5.41, 5.74) is 5.73. The van der Waals surface area contributed by atoms with Crippen LogP contribution in [0.2, 0.25) is 0 Å². The lowest BCUT2D eigenvalue weighted by molar-refractivity contribution is 0.601. The van der Waals surface area contributed by atoms with E-state index in [9.17, 15) is 4.39 Å². The van der Waals surface area contributed by atoms with Crippen molar-refractivity contribution < 1.29 is 4.39 Å². The number of hydrogen-bond donors (Lipinski definition) is 1. The van der Waals surface area contributed by atoms with Crippen molar-refractivity contribution in [3.8, 4) is 0 Å². The zero-order chi connectivity index (χ0) is 9.68. The topological polar surface area (TPSA) is 26.0 Å². The van der Waals surface area contributed by atoms with Crippen LogP contribution in [0.25, 0.3) is 0 Å². The molecule has 72 valence electrons. The van der Waals surface area contributed by atoms with E-state index >= 15 is 0 Å². The third-order valence-corrected chi connectivity index (χ3v) is 3.05. The summed E-state index contributed by atoms with van der Waals surface area (Å²) >= 11 is 1.48. The van der Waals surface area contributed by atoms with E-state index in [1.54, 1.807) is 12.1 Å². The van der Waals surface area contributed by atoms with Gasteiger partial charge in [-0.25, -0.2) is 4.39 Å². The molecule has 1 rings (SSSR count). The van der Waals surface area contributed by atoms with Gasteiger partial charge in [-0.3, -0.25) is 0 Å². The van der Waals surface area contributed by atoms with Crippen LogP contribution in [0.1, 0.15) is 13.3 Å². The molecular weight excluding hydrogens is 185 g/mol. The largest absolute Gasteiger partial charge is 0.327 e. The van der Waals surface area contributed by atoms with Gasteiger partial charge in [-0.05, 0) is 18.6 Å². The van der Waals surface area contributed by atoms with Crippen molar-refractivity contribution in [2.45, 2.75) is 24.3 Å². The first-order chi connectivity index (χ1) is 6.24. The van der Waals surface area contributed by atoms with E-state index < -0.39 is 0 Å². The lowest BCUT2D eigenvalue weighted by Crippen LogP contribution is -2.21. The summed E-state index contributed by atoms with van der Waals surface area (Å²) in [5.74, 6) is 0.619. The van der Waals surface area contributed by atoms with Crippen molar-refractivity contribution in [1.82, 2.24) is 0 Å². The molecule has 0 bridgehead atoms. The van der Waals surface area contributed by atoms with Crippen LogP contribution in [0.15, 0.2) is 29.2 Å². The van der Waals surface area contributed by atoms with Gasteiger partial charge in [0.2, 0.25) is 0 Å². The smallest absolute Gasteiger partial charge is 0.136 e. The summed E-state index contributed by atoms with van der Waals surface area (Å²) in [5, 5.41) is 0. The number of hydrogen-bond acceptors (Lipinski definition) is 2. The lowest BCUT2D eigenvalue weighted by Gasteiger charge is -2.07. The van der Waals surface area contributed by atoms with Gasteiger partial charge in [0.15, 0.2) is 0 Å². The summed E-state index contributed by atoms with van der Waals surface area (Å²) in [6, 6.07) is 6.94. The van der Waals surface area contributed by atoms with Crippen molar-refractivity contribution in [1.29, 1.82) is 0 Å². The molecule has 0 saturated heterocycles. The summed E-state index contributed by atoms with van der Waals surface area (Å²) in [4.78, 5) is 0.686. The number of halogens is 1. The fourth-order valence-electron chi connectivity index (χ4n) is 0.876. The second kappa shape index (κ2) is 5.25. The van der Waals surface area contributed by atoms with E-state index in [2.05, 4.69) is 0 Å². The Morgan fingerprint density at radius 3 is 2.77 bits per heavy atom. The molecule has 0 aliphatic carbocycles. The number of nitrogens with two attached hydrogens (primary N) is 1. The molecule has 0 amide bonds. The molecule has 13 heavy (non-hydrogen) atoms. The minimum atomic E-state index is -0.157. The van der Waals surface area contributed by atoms with Crippen LogP contribution in [0, 0.1) is 5.82 Å². The van der Waals surface area contributed by atoms with Crippen LogP contribution < -0.4 is 5.73 Å². The Morgan fingerprint density at radius 1 is 1.46 bits per heavy atom. The molecule has 3 heteroatoms. The van der Waals surface area contributed by atoms with Crippen LogP contribution >= 0.6 is 11.8 Å². The molecule has 0 aromatic heterocycles. The number of benzene rings is 1. The van der Waals surface area contributed by atoms with E-state index in [0.717, 1.165) is 12.2 Å². The molecule has 0 spiro atoms. The Balaban J connectivity index is 2.50. The Morgan fingerprint density at radius 2 is 2.15 bits per heavy atom. The normalized spacial score (nSPS) is 12.8. The predicted molar refractivity (Wildman–Crippen MR) is 55.4 cm³/mol. The summed E-state index contributed by atoms with van der Waals surface area (Å²) in [7, 11) is 0. The Labute approximate surface area is 82.5 Å². The molecule has 1 atom stereocenters. The highest BCUT2D eigenvalue weighted by Crippen LogP contribution is 2.21. The van der Waals surface area contributed by atoms with Gasteiger partial charge in [-0.2, -0.15) is 0 Å². The van der Waals surface area contributed by atoms with Crippen molar-refractivity contribution in [3.63, 3.8) is 0 Å². The zero-order valence-electron chi connectivity index (χ0n) is 7.66. The fourth-order valence-corrected chi connectivity index (χ4v) is 1.89. The predicted octanol–water partition coefficient (Wildman–Crippen LogP) is 2.66. The van der Waals surface area contributed by atoms with Crippen LogP contribution in [0.4, 0.5) is 4.39 Å².